The second kappa shape index (κ2) is 6.69. The minimum Gasteiger partial charge on any atom is -0.391 e. The predicted molar refractivity (Wildman–Crippen MR) is 65.0 cm³/mol. The van der Waals surface area contributed by atoms with E-state index in [1.165, 1.54) is 0 Å². The molecule has 1 aliphatic rings. The summed E-state index contributed by atoms with van der Waals surface area (Å²) in [7, 11) is 0. The second-order valence-corrected chi connectivity index (χ2v) is 5.06. The average Bonchev–Trinajstić information content (AvgIpc) is 2.66. The first-order chi connectivity index (χ1) is 7.58. The molecule has 0 unspecified atom stereocenters. The van der Waals surface area contributed by atoms with E-state index in [2.05, 4.69) is 31.3 Å². The topological polar surface area (TPSA) is 49.3 Å². The molecule has 0 radical (unpaired) electrons. The van der Waals surface area contributed by atoms with Crippen molar-refractivity contribution in [1.29, 1.82) is 0 Å². The summed E-state index contributed by atoms with van der Waals surface area (Å²) in [4.78, 5) is 11.5. The van der Waals surface area contributed by atoms with Crippen LogP contribution in [0.25, 0.3) is 0 Å². The average molecular weight is 225 g/mol. The Kier molecular flexibility index (Phi) is 5.53. The quantitative estimate of drug-likeness (QED) is 0.678. The van der Waals surface area contributed by atoms with E-state index in [1.54, 1.807) is 0 Å². The molecule has 16 heavy (non-hydrogen) atoms. The third-order valence-corrected chi connectivity index (χ3v) is 2.84. The summed E-state index contributed by atoms with van der Waals surface area (Å²) in [6.45, 7) is 4.51. The van der Waals surface area contributed by atoms with Crippen LogP contribution in [0.2, 0.25) is 0 Å². The molecule has 0 fully saturated rings. The molecule has 0 spiro atoms. The monoisotopic (exact) mass is 225 g/mol. The first-order valence-electron chi connectivity index (χ1n) is 6.19. The summed E-state index contributed by atoms with van der Waals surface area (Å²) >= 11 is 0. The zero-order chi connectivity index (χ0) is 12.0. The maximum atomic E-state index is 11.5. The smallest absolute Gasteiger partial charge is 0.220 e. The molecular formula is C13H23NO2. The number of aliphatic hydroxyl groups excluding tert-OH is 1. The van der Waals surface area contributed by atoms with Crippen LogP contribution < -0.4 is 5.32 Å². The highest BCUT2D eigenvalue weighted by atomic mass is 16.3. The highest BCUT2D eigenvalue weighted by Crippen LogP contribution is 2.19. The van der Waals surface area contributed by atoms with Gasteiger partial charge in [0.25, 0.3) is 0 Å². The zero-order valence-electron chi connectivity index (χ0n) is 10.3. The number of rotatable bonds is 6. The van der Waals surface area contributed by atoms with E-state index in [1.807, 2.05) is 0 Å². The number of carbonyl (C=O) groups is 1. The van der Waals surface area contributed by atoms with Crippen molar-refractivity contribution in [2.75, 3.05) is 6.54 Å². The highest BCUT2D eigenvalue weighted by Gasteiger charge is 2.14. The van der Waals surface area contributed by atoms with Crippen molar-refractivity contribution in [3.05, 3.63) is 12.2 Å². The van der Waals surface area contributed by atoms with Crippen LogP contribution in [-0.4, -0.2) is 23.7 Å². The molecule has 0 bridgehead atoms. The first-order valence-corrected chi connectivity index (χ1v) is 6.19. The molecule has 1 amide bonds. The van der Waals surface area contributed by atoms with Gasteiger partial charge in [0, 0.05) is 13.0 Å². The SMILES string of the molecule is CC(C)C[C@H](O)CNC(=O)C[C@@H]1C=CCC1. The summed E-state index contributed by atoms with van der Waals surface area (Å²) in [5.41, 5.74) is 0. The Morgan fingerprint density at radius 3 is 2.88 bits per heavy atom. The Labute approximate surface area is 97.9 Å². The number of hydrogen-bond acceptors (Lipinski definition) is 2. The molecule has 0 saturated heterocycles. The van der Waals surface area contributed by atoms with Gasteiger partial charge in [-0.2, -0.15) is 0 Å². The molecule has 0 aromatic rings. The van der Waals surface area contributed by atoms with E-state index in [4.69, 9.17) is 0 Å². The molecule has 2 N–H and O–H groups in total. The number of aliphatic hydroxyl groups is 1. The van der Waals surface area contributed by atoms with Gasteiger partial charge in [0.15, 0.2) is 0 Å². The maximum Gasteiger partial charge on any atom is 0.220 e. The van der Waals surface area contributed by atoms with Crippen LogP contribution in [0.5, 0.6) is 0 Å². The number of hydrogen-bond donors (Lipinski definition) is 2. The van der Waals surface area contributed by atoms with Gasteiger partial charge in [-0.25, -0.2) is 0 Å². The lowest BCUT2D eigenvalue weighted by Gasteiger charge is -2.14. The van der Waals surface area contributed by atoms with Crippen molar-refractivity contribution in [3.8, 4) is 0 Å². The Bertz CT molecular complexity index is 248. The molecule has 92 valence electrons. The molecule has 0 aromatic heterocycles. The lowest BCUT2D eigenvalue weighted by molar-refractivity contribution is -0.122. The van der Waals surface area contributed by atoms with Gasteiger partial charge in [-0.1, -0.05) is 26.0 Å². The minimum atomic E-state index is -0.414. The third kappa shape index (κ3) is 5.31. The molecule has 0 aromatic carbocycles. The van der Waals surface area contributed by atoms with E-state index >= 15 is 0 Å². The Morgan fingerprint density at radius 1 is 1.56 bits per heavy atom. The molecular weight excluding hydrogens is 202 g/mol. The van der Waals surface area contributed by atoms with Crippen LogP contribution in [0.4, 0.5) is 0 Å². The Morgan fingerprint density at radius 2 is 2.31 bits per heavy atom. The molecule has 1 rings (SSSR count). The normalized spacial score (nSPS) is 21.4. The molecule has 0 aliphatic heterocycles. The molecule has 1 aliphatic carbocycles. The third-order valence-electron chi connectivity index (χ3n) is 2.84. The summed E-state index contributed by atoms with van der Waals surface area (Å²) in [5.74, 6) is 0.922. The molecule has 3 nitrogen and oxygen atoms in total. The van der Waals surface area contributed by atoms with Crippen molar-refractivity contribution in [1.82, 2.24) is 5.32 Å². The van der Waals surface area contributed by atoms with Crippen LogP contribution in [0.3, 0.4) is 0 Å². The van der Waals surface area contributed by atoms with Gasteiger partial charge >= 0.3 is 0 Å². The van der Waals surface area contributed by atoms with Crippen LogP contribution in [0.1, 0.15) is 39.5 Å². The predicted octanol–water partition coefficient (Wildman–Crippen LogP) is 1.87. The van der Waals surface area contributed by atoms with E-state index in [0.29, 0.717) is 24.8 Å². The van der Waals surface area contributed by atoms with Gasteiger partial charge in [0.2, 0.25) is 5.91 Å². The summed E-state index contributed by atoms with van der Waals surface area (Å²) < 4.78 is 0. The van der Waals surface area contributed by atoms with E-state index in [-0.39, 0.29) is 5.91 Å². The first kappa shape index (κ1) is 13.2. The molecule has 0 heterocycles. The molecule has 0 saturated carbocycles. The van der Waals surface area contributed by atoms with Crippen LogP contribution in [0, 0.1) is 11.8 Å². The standard InChI is InChI=1S/C13H23NO2/c1-10(2)7-12(15)9-14-13(16)8-11-5-3-4-6-11/h3,5,10-12,15H,4,6-9H2,1-2H3,(H,14,16)/t11-,12+/m1/s1. The van der Waals surface area contributed by atoms with Crippen molar-refractivity contribution >= 4 is 5.91 Å². The van der Waals surface area contributed by atoms with Crippen LogP contribution >= 0.6 is 0 Å². The summed E-state index contributed by atoms with van der Waals surface area (Å²) in [6.07, 6.45) is 7.31. The zero-order valence-corrected chi connectivity index (χ0v) is 10.3. The lowest BCUT2D eigenvalue weighted by atomic mass is 10.0. The number of nitrogens with one attached hydrogen (secondary N) is 1. The van der Waals surface area contributed by atoms with Crippen LogP contribution in [-0.2, 0) is 4.79 Å². The van der Waals surface area contributed by atoms with Gasteiger partial charge in [-0.05, 0) is 31.1 Å². The van der Waals surface area contributed by atoms with Crippen LogP contribution in [0.15, 0.2) is 12.2 Å². The van der Waals surface area contributed by atoms with Crippen molar-refractivity contribution in [3.63, 3.8) is 0 Å². The number of carbonyl (C=O) groups excluding carboxylic acids is 1. The van der Waals surface area contributed by atoms with E-state index in [0.717, 1.165) is 19.3 Å². The Balaban J connectivity index is 2.12. The van der Waals surface area contributed by atoms with Gasteiger partial charge in [0.05, 0.1) is 6.10 Å². The minimum absolute atomic E-state index is 0.0550. The molecule has 2 atom stereocenters. The highest BCUT2D eigenvalue weighted by molar-refractivity contribution is 5.76. The van der Waals surface area contributed by atoms with Gasteiger partial charge in [-0.3, -0.25) is 4.79 Å². The number of allylic oxidation sites excluding steroid dienone is 2. The van der Waals surface area contributed by atoms with Crippen molar-refractivity contribution < 1.29 is 9.90 Å². The van der Waals surface area contributed by atoms with Gasteiger partial charge in [0.1, 0.15) is 0 Å². The summed E-state index contributed by atoms with van der Waals surface area (Å²) in [5, 5.41) is 12.4. The Hall–Kier alpha value is -0.830. The van der Waals surface area contributed by atoms with E-state index < -0.39 is 6.10 Å². The fraction of sp³-hybridized carbons (Fsp3) is 0.769. The lowest BCUT2D eigenvalue weighted by Crippen LogP contribution is -2.33. The fourth-order valence-corrected chi connectivity index (χ4v) is 2.03. The maximum absolute atomic E-state index is 11.5. The fourth-order valence-electron chi connectivity index (χ4n) is 2.03. The van der Waals surface area contributed by atoms with E-state index in [9.17, 15) is 9.90 Å². The van der Waals surface area contributed by atoms with Crippen molar-refractivity contribution in [2.45, 2.75) is 45.6 Å². The summed E-state index contributed by atoms with van der Waals surface area (Å²) in [6, 6.07) is 0. The van der Waals surface area contributed by atoms with Gasteiger partial charge in [-0.15, -0.1) is 0 Å². The second-order valence-electron chi connectivity index (χ2n) is 5.06. The number of amides is 1. The molecule has 3 heteroatoms. The van der Waals surface area contributed by atoms with Gasteiger partial charge < -0.3 is 10.4 Å². The van der Waals surface area contributed by atoms with Crippen molar-refractivity contribution in [2.24, 2.45) is 11.8 Å². The largest absolute Gasteiger partial charge is 0.391 e.